The van der Waals surface area contributed by atoms with Crippen LogP contribution in [0.15, 0.2) is 133 Å². The van der Waals surface area contributed by atoms with Crippen molar-refractivity contribution >= 4 is 34.6 Å². The summed E-state index contributed by atoms with van der Waals surface area (Å²) in [4.78, 5) is 47.5. The lowest BCUT2D eigenvalue weighted by atomic mass is 10.2. The molecule has 0 bridgehead atoms. The summed E-state index contributed by atoms with van der Waals surface area (Å²) in [5.41, 5.74) is 1.37. The van der Waals surface area contributed by atoms with Crippen molar-refractivity contribution in [2.75, 3.05) is 63.5 Å². The summed E-state index contributed by atoms with van der Waals surface area (Å²) in [6.45, 7) is 1.51. The molecule has 0 aliphatic carbocycles. The highest BCUT2D eigenvalue weighted by Gasteiger charge is 2.15. The summed E-state index contributed by atoms with van der Waals surface area (Å²) in [5.74, 6) is 2.25. The van der Waals surface area contributed by atoms with Crippen LogP contribution in [0.5, 0.6) is 46.0 Å². The summed E-state index contributed by atoms with van der Waals surface area (Å²) in [5, 5.41) is 27.7. The third-order valence-corrected chi connectivity index (χ3v) is 9.10. The van der Waals surface area contributed by atoms with Gasteiger partial charge in [-0.3, -0.25) is 29.8 Å². The molecule has 0 saturated carbocycles. The zero-order valence-corrected chi connectivity index (χ0v) is 34.0. The molecule has 1 aliphatic heterocycles. The van der Waals surface area contributed by atoms with Crippen molar-refractivity contribution < 1.29 is 57.3 Å². The van der Waals surface area contributed by atoms with E-state index in [0.717, 1.165) is 0 Å². The van der Waals surface area contributed by atoms with Crippen LogP contribution in [-0.2, 0) is 9.47 Å². The first-order valence-electron chi connectivity index (χ1n) is 19.8. The van der Waals surface area contributed by atoms with Crippen molar-refractivity contribution in [1.29, 1.82) is 0 Å². The first kappa shape index (κ1) is 43.9. The highest BCUT2D eigenvalue weighted by atomic mass is 16.6. The van der Waals surface area contributed by atoms with Crippen molar-refractivity contribution in [3.05, 3.63) is 165 Å². The third-order valence-electron chi connectivity index (χ3n) is 9.10. The smallest absolute Gasteiger partial charge is 0.269 e. The third kappa shape index (κ3) is 12.4. The number of fused-ring (bicyclic) bond motifs is 2. The number of non-ortho nitro benzene ring substituents is 2. The first-order chi connectivity index (χ1) is 31.2. The Balaban J connectivity index is 0.930. The van der Waals surface area contributed by atoms with Crippen LogP contribution < -0.4 is 39.1 Å². The van der Waals surface area contributed by atoms with E-state index in [1.54, 1.807) is 84.9 Å². The van der Waals surface area contributed by atoms with Gasteiger partial charge in [0, 0.05) is 58.9 Å². The SMILES string of the molecule is O=C(Nc1ccc2c(c1)OCCOCCOc1cc(NC(=O)c3cccc(Oc4ccc([N+](=O)[O-])cc4)c3)ccc1OCCOCCO2)c1cccc(Oc2ccc([N+](=O)[O-])cc2)c1. The highest BCUT2D eigenvalue weighted by Crippen LogP contribution is 2.33. The molecule has 0 aromatic heterocycles. The topological polar surface area (TPSA) is 218 Å². The maximum atomic E-state index is 13.3. The molecule has 18 heteroatoms. The number of ether oxygens (including phenoxy) is 8. The highest BCUT2D eigenvalue weighted by molar-refractivity contribution is 6.05. The largest absolute Gasteiger partial charge is 0.487 e. The number of hydrogen-bond donors (Lipinski definition) is 2. The lowest BCUT2D eigenvalue weighted by Crippen LogP contribution is -2.16. The number of nitrogens with zero attached hydrogens (tertiary/aromatic N) is 2. The number of hydrogen-bond acceptors (Lipinski definition) is 14. The number of amides is 2. The fourth-order valence-corrected chi connectivity index (χ4v) is 6.03. The Morgan fingerprint density at radius 1 is 0.438 bits per heavy atom. The van der Waals surface area contributed by atoms with Gasteiger partial charge in [0.05, 0.1) is 36.3 Å². The van der Waals surface area contributed by atoms with Crippen LogP contribution >= 0.6 is 0 Å². The summed E-state index contributed by atoms with van der Waals surface area (Å²) < 4.78 is 47.1. The maximum Gasteiger partial charge on any atom is 0.269 e. The van der Waals surface area contributed by atoms with E-state index in [4.69, 9.17) is 37.9 Å². The Bertz CT molecular complexity index is 2410. The standard InChI is InChI=1S/C46H40N4O14/c51-45(31-3-1-5-39(27-31)63-37-13-9-35(10-14-37)49(53)54)47-33-7-17-41-43(29-33)61-25-21-58-22-26-62-44-30-34(8-18-42(44)60-24-20-57-19-23-59-41)48-46(52)32-4-2-6-40(28-32)64-38-15-11-36(12-16-38)50(55)56/h1-18,27-30H,19-26H2,(H,47,51)(H,48,52). The second-order valence-electron chi connectivity index (χ2n) is 13.6. The predicted molar refractivity (Wildman–Crippen MR) is 232 cm³/mol. The normalized spacial score (nSPS) is 13.2. The van der Waals surface area contributed by atoms with Gasteiger partial charge in [0.1, 0.15) is 49.4 Å². The molecule has 1 aliphatic rings. The molecule has 0 radical (unpaired) electrons. The van der Waals surface area contributed by atoms with E-state index < -0.39 is 21.7 Å². The molecule has 0 saturated heterocycles. The van der Waals surface area contributed by atoms with Gasteiger partial charge in [0.15, 0.2) is 23.0 Å². The van der Waals surface area contributed by atoms with Crippen LogP contribution in [0, 0.1) is 20.2 Å². The molecule has 1 heterocycles. The van der Waals surface area contributed by atoms with E-state index in [1.807, 2.05) is 0 Å². The molecule has 0 fully saturated rings. The van der Waals surface area contributed by atoms with Gasteiger partial charge in [-0.1, -0.05) is 12.1 Å². The van der Waals surface area contributed by atoms with Gasteiger partial charge >= 0.3 is 0 Å². The Labute approximate surface area is 365 Å². The molecular weight excluding hydrogens is 833 g/mol. The fraction of sp³-hybridized carbons (Fsp3) is 0.174. The van der Waals surface area contributed by atoms with E-state index in [-0.39, 0.29) is 64.2 Å². The van der Waals surface area contributed by atoms with Crippen LogP contribution in [0.25, 0.3) is 0 Å². The van der Waals surface area contributed by atoms with Crippen molar-refractivity contribution in [1.82, 2.24) is 0 Å². The van der Waals surface area contributed by atoms with Crippen molar-refractivity contribution in [2.45, 2.75) is 0 Å². The van der Waals surface area contributed by atoms with Crippen LogP contribution in [-0.4, -0.2) is 74.5 Å². The van der Waals surface area contributed by atoms with E-state index in [0.29, 0.717) is 68.5 Å². The molecule has 64 heavy (non-hydrogen) atoms. The van der Waals surface area contributed by atoms with Gasteiger partial charge in [-0.25, -0.2) is 0 Å². The Kier molecular flexibility index (Phi) is 14.8. The Morgan fingerprint density at radius 2 is 0.812 bits per heavy atom. The quantitative estimate of drug-likeness (QED) is 0.0971. The molecule has 0 spiro atoms. The average molecular weight is 873 g/mol. The molecule has 2 amide bonds. The molecule has 18 nitrogen and oxygen atoms in total. The van der Waals surface area contributed by atoms with Crippen LogP contribution in [0.3, 0.4) is 0 Å². The molecule has 7 rings (SSSR count). The summed E-state index contributed by atoms with van der Waals surface area (Å²) >= 11 is 0. The zero-order chi connectivity index (χ0) is 44.7. The van der Waals surface area contributed by atoms with Gasteiger partial charge < -0.3 is 48.5 Å². The van der Waals surface area contributed by atoms with Gasteiger partial charge in [-0.2, -0.15) is 0 Å². The van der Waals surface area contributed by atoms with Crippen LogP contribution in [0.4, 0.5) is 22.7 Å². The van der Waals surface area contributed by atoms with E-state index in [2.05, 4.69) is 10.6 Å². The predicted octanol–water partition coefficient (Wildman–Crippen LogP) is 8.85. The molecule has 0 unspecified atom stereocenters. The molecule has 6 aromatic carbocycles. The van der Waals surface area contributed by atoms with Gasteiger partial charge in [-0.15, -0.1) is 0 Å². The Hall–Kier alpha value is -8.22. The first-order valence-corrected chi connectivity index (χ1v) is 19.8. The van der Waals surface area contributed by atoms with Gasteiger partial charge in [-0.05, 0) is 84.9 Å². The van der Waals surface area contributed by atoms with E-state index >= 15 is 0 Å². The van der Waals surface area contributed by atoms with Crippen LogP contribution in [0.2, 0.25) is 0 Å². The van der Waals surface area contributed by atoms with Gasteiger partial charge in [0.2, 0.25) is 0 Å². The van der Waals surface area contributed by atoms with E-state index in [1.165, 1.54) is 48.5 Å². The average Bonchev–Trinajstić information content (AvgIpc) is 3.29. The zero-order valence-electron chi connectivity index (χ0n) is 34.0. The summed E-state index contributed by atoms with van der Waals surface area (Å²) in [6.07, 6.45) is 0. The maximum absolute atomic E-state index is 13.3. The van der Waals surface area contributed by atoms with E-state index in [9.17, 15) is 29.8 Å². The number of benzene rings is 6. The second kappa shape index (κ2) is 21.5. The van der Waals surface area contributed by atoms with Crippen LogP contribution in [0.1, 0.15) is 20.7 Å². The lowest BCUT2D eigenvalue weighted by molar-refractivity contribution is -0.385. The number of anilines is 2. The molecule has 2 N–H and O–H groups in total. The number of rotatable bonds is 10. The number of nitro benzene ring substituents is 2. The monoisotopic (exact) mass is 872 g/mol. The number of carbonyl (C=O) groups excluding carboxylic acids is 2. The lowest BCUT2D eigenvalue weighted by Gasteiger charge is -2.17. The minimum Gasteiger partial charge on any atom is -0.487 e. The number of carbonyl (C=O) groups is 2. The van der Waals surface area contributed by atoms with Crippen molar-refractivity contribution in [3.8, 4) is 46.0 Å². The minimum atomic E-state index is -0.500. The van der Waals surface area contributed by atoms with Gasteiger partial charge in [0.25, 0.3) is 23.2 Å². The molecular formula is C46H40N4O14. The fourth-order valence-electron chi connectivity index (χ4n) is 6.03. The Morgan fingerprint density at radius 3 is 1.19 bits per heavy atom. The van der Waals surface area contributed by atoms with Crippen molar-refractivity contribution in [2.24, 2.45) is 0 Å². The number of nitrogens with one attached hydrogen (secondary N) is 2. The summed E-state index contributed by atoms with van der Waals surface area (Å²) in [6, 6.07) is 34.2. The molecule has 0 atom stereocenters. The summed E-state index contributed by atoms with van der Waals surface area (Å²) in [7, 11) is 0. The second-order valence-corrected chi connectivity index (χ2v) is 13.6. The number of nitro groups is 2. The minimum absolute atomic E-state index is 0.0664. The molecule has 6 aromatic rings. The molecule has 328 valence electrons. The van der Waals surface area contributed by atoms with Crippen molar-refractivity contribution in [3.63, 3.8) is 0 Å².